The predicted octanol–water partition coefficient (Wildman–Crippen LogP) is -0.0532. The van der Waals surface area contributed by atoms with Crippen molar-refractivity contribution in [3.05, 3.63) is 0 Å². The monoisotopic (exact) mass is 82.0 g/mol. The van der Waals surface area contributed by atoms with E-state index in [9.17, 15) is 4.79 Å². The molecule has 0 saturated heterocycles. The van der Waals surface area contributed by atoms with Crippen molar-refractivity contribution in [1.29, 1.82) is 0 Å². The van der Waals surface area contributed by atoms with E-state index >= 15 is 0 Å². The van der Waals surface area contributed by atoms with Gasteiger partial charge < -0.3 is 4.79 Å². The van der Waals surface area contributed by atoms with Crippen molar-refractivity contribution in [3.8, 4) is 0 Å². The summed E-state index contributed by atoms with van der Waals surface area (Å²) >= 11 is 0. The molecule has 0 fully saturated rings. The Morgan fingerprint density at radius 3 is 1.40 bits per heavy atom. The van der Waals surface area contributed by atoms with E-state index in [0.717, 1.165) is 0 Å². The van der Waals surface area contributed by atoms with Crippen molar-refractivity contribution in [2.24, 2.45) is 0 Å². The number of ketones is 1. The first-order chi connectivity index (χ1) is 1.73. The topological polar surface area (TPSA) is 17.1 Å². The van der Waals surface area contributed by atoms with Crippen LogP contribution < -0.4 is 0 Å². The Morgan fingerprint density at radius 2 is 1.40 bits per heavy atom. The molecule has 0 atom stereocenters. The molecule has 0 spiro atoms. The first-order valence-electron chi connectivity index (χ1n) is 1.20. The zero-order valence-electron chi connectivity index (χ0n) is 2.91. The molecule has 0 unspecified atom stereocenters. The SMILES string of the molecule is CC(C)=O.[NaH]. The molecule has 0 radical (unpaired) electrons. The van der Waals surface area contributed by atoms with Crippen molar-refractivity contribution in [3.63, 3.8) is 0 Å². The molecule has 2 heteroatoms. The summed E-state index contributed by atoms with van der Waals surface area (Å²) in [5.41, 5.74) is 0. The Morgan fingerprint density at radius 1 is 1.40 bits per heavy atom. The second-order valence-electron chi connectivity index (χ2n) is 0.908. The molecule has 0 rings (SSSR count). The maximum absolute atomic E-state index is 9.44. The quantitative estimate of drug-likeness (QED) is 0.374. The standard InChI is InChI=1S/C3H6O.Na.H/c1-3(2)4;;/h1-2H3;;. The van der Waals surface area contributed by atoms with Gasteiger partial charge in [0.25, 0.3) is 0 Å². The van der Waals surface area contributed by atoms with E-state index in [1.54, 1.807) is 0 Å². The van der Waals surface area contributed by atoms with Crippen LogP contribution in [-0.2, 0) is 4.79 Å². The van der Waals surface area contributed by atoms with E-state index in [4.69, 9.17) is 0 Å². The molecule has 0 N–H and O–H groups in total. The minimum atomic E-state index is 0. The van der Waals surface area contributed by atoms with Gasteiger partial charge in [0.05, 0.1) is 0 Å². The van der Waals surface area contributed by atoms with E-state index < -0.39 is 0 Å². The molecular formula is C3H7NaO. The molecular weight excluding hydrogens is 75.0 g/mol. The molecule has 26 valence electrons. The van der Waals surface area contributed by atoms with Crippen LogP contribution in [0.2, 0.25) is 0 Å². The predicted molar refractivity (Wildman–Crippen MR) is 23.5 cm³/mol. The number of carbonyl (C=O) groups is 1. The maximum atomic E-state index is 9.44. The van der Waals surface area contributed by atoms with Crippen LogP contribution in [0.3, 0.4) is 0 Å². The van der Waals surface area contributed by atoms with Gasteiger partial charge >= 0.3 is 29.6 Å². The molecule has 0 bridgehead atoms. The molecule has 0 aromatic heterocycles. The molecule has 0 heterocycles. The molecule has 0 saturated carbocycles. The number of rotatable bonds is 0. The van der Waals surface area contributed by atoms with Crippen LogP contribution in [0.5, 0.6) is 0 Å². The Labute approximate surface area is 54.0 Å². The fourth-order valence-corrected chi connectivity index (χ4v) is 0. The number of Topliss-reactive ketones (excluding diaryl/α,β-unsaturated/α-hetero) is 1. The van der Waals surface area contributed by atoms with Crippen molar-refractivity contribution < 1.29 is 4.79 Å². The zero-order chi connectivity index (χ0) is 3.58. The summed E-state index contributed by atoms with van der Waals surface area (Å²) in [6.45, 7) is 3.06. The van der Waals surface area contributed by atoms with Gasteiger partial charge in [-0.2, -0.15) is 0 Å². The first-order valence-corrected chi connectivity index (χ1v) is 1.20. The molecule has 1 nitrogen and oxygen atoms in total. The van der Waals surface area contributed by atoms with Crippen LogP contribution in [0, 0.1) is 0 Å². The fraction of sp³-hybridized carbons (Fsp3) is 0.667. The number of hydrogen-bond donors (Lipinski definition) is 0. The second kappa shape index (κ2) is 4.67. The van der Waals surface area contributed by atoms with Crippen LogP contribution in [0.15, 0.2) is 0 Å². The zero-order valence-corrected chi connectivity index (χ0v) is 2.91. The summed E-state index contributed by atoms with van der Waals surface area (Å²) in [4.78, 5) is 9.44. The third-order valence-corrected chi connectivity index (χ3v) is 0. The van der Waals surface area contributed by atoms with Crippen LogP contribution in [0.25, 0.3) is 0 Å². The van der Waals surface area contributed by atoms with Gasteiger partial charge in [-0.15, -0.1) is 0 Å². The summed E-state index contributed by atoms with van der Waals surface area (Å²) in [7, 11) is 0. The number of carbonyl (C=O) groups excluding carboxylic acids is 1. The molecule has 0 aliphatic heterocycles. The van der Waals surface area contributed by atoms with Crippen LogP contribution in [0.1, 0.15) is 13.8 Å². The van der Waals surface area contributed by atoms with Gasteiger partial charge in [0.15, 0.2) is 0 Å². The van der Waals surface area contributed by atoms with Gasteiger partial charge in [-0.25, -0.2) is 0 Å². The molecule has 0 aliphatic carbocycles. The summed E-state index contributed by atoms with van der Waals surface area (Å²) in [6, 6.07) is 0. The summed E-state index contributed by atoms with van der Waals surface area (Å²) in [5.74, 6) is 0.167. The van der Waals surface area contributed by atoms with Crippen molar-refractivity contribution >= 4 is 35.3 Å². The Balaban J connectivity index is 0. The van der Waals surface area contributed by atoms with Gasteiger partial charge in [-0.1, -0.05) is 0 Å². The van der Waals surface area contributed by atoms with Gasteiger partial charge in [-0.3, -0.25) is 0 Å². The van der Waals surface area contributed by atoms with Gasteiger partial charge in [0, 0.05) is 0 Å². The fourth-order valence-electron chi connectivity index (χ4n) is 0. The van der Waals surface area contributed by atoms with E-state index in [1.165, 1.54) is 13.8 Å². The number of hydrogen-bond acceptors (Lipinski definition) is 1. The van der Waals surface area contributed by atoms with Crippen molar-refractivity contribution in [2.75, 3.05) is 0 Å². The Hall–Kier alpha value is 0.670. The third-order valence-electron chi connectivity index (χ3n) is 0. The van der Waals surface area contributed by atoms with E-state index in [1.807, 2.05) is 0 Å². The van der Waals surface area contributed by atoms with Crippen molar-refractivity contribution in [2.45, 2.75) is 13.8 Å². The third kappa shape index (κ3) is 74.2. The summed E-state index contributed by atoms with van der Waals surface area (Å²) in [6.07, 6.45) is 0. The van der Waals surface area contributed by atoms with E-state index in [2.05, 4.69) is 0 Å². The van der Waals surface area contributed by atoms with E-state index in [-0.39, 0.29) is 35.3 Å². The summed E-state index contributed by atoms with van der Waals surface area (Å²) < 4.78 is 0. The first kappa shape index (κ1) is 9.18. The van der Waals surface area contributed by atoms with Gasteiger partial charge in [0.1, 0.15) is 5.78 Å². The molecule has 0 aliphatic rings. The Bertz CT molecular complexity index is 29.9. The van der Waals surface area contributed by atoms with Crippen LogP contribution in [-0.4, -0.2) is 35.3 Å². The van der Waals surface area contributed by atoms with Crippen LogP contribution >= 0.6 is 0 Å². The molecule has 5 heavy (non-hydrogen) atoms. The average molecular weight is 82.1 g/mol. The van der Waals surface area contributed by atoms with Gasteiger partial charge in [0.2, 0.25) is 0 Å². The second-order valence-corrected chi connectivity index (χ2v) is 0.908. The molecule has 0 aromatic carbocycles. The summed E-state index contributed by atoms with van der Waals surface area (Å²) in [5, 5.41) is 0. The molecule has 0 aromatic rings. The van der Waals surface area contributed by atoms with Crippen molar-refractivity contribution in [1.82, 2.24) is 0 Å². The average Bonchev–Trinajstić information content (AvgIpc) is 0.811. The minimum absolute atomic E-state index is 0. The van der Waals surface area contributed by atoms with Gasteiger partial charge in [-0.05, 0) is 13.8 Å². The molecule has 0 amide bonds. The Kier molecular flexibility index (Phi) is 8.57. The van der Waals surface area contributed by atoms with E-state index in [0.29, 0.717) is 0 Å². The normalized spacial score (nSPS) is 5.20. The van der Waals surface area contributed by atoms with Crippen LogP contribution in [0.4, 0.5) is 0 Å².